The molecule has 0 aliphatic heterocycles. The van der Waals surface area contributed by atoms with Gasteiger partial charge in [0, 0.05) is 22.8 Å². The molecule has 21 heavy (non-hydrogen) atoms. The van der Waals surface area contributed by atoms with Crippen molar-refractivity contribution in [3.05, 3.63) is 40.2 Å². The van der Waals surface area contributed by atoms with Crippen molar-refractivity contribution in [3.63, 3.8) is 0 Å². The van der Waals surface area contributed by atoms with E-state index in [1.54, 1.807) is 0 Å². The summed E-state index contributed by atoms with van der Waals surface area (Å²) in [5, 5.41) is 2.56. The average molecular weight is 299 g/mol. The van der Waals surface area contributed by atoms with Gasteiger partial charge in [-0.2, -0.15) is 0 Å². The molecule has 0 N–H and O–H groups in total. The number of hydrogen-bond donors (Lipinski definition) is 0. The maximum absolute atomic E-state index is 12.4. The maximum Gasteiger partial charge on any atom is 0.156 e. The van der Waals surface area contributed by atoms with Crippen LogP contribution in [0, 0.1) is 12.3 Å². The monoisotopic (exact) mass is 299 g/mol. The van der Waals surface area contributed by atoms with Crippen molar-refractivity contribution in [1.82, 2.24) is 4.98 Å². The second kappa shape index (κ2) is 4.88. The van der Waals surface area contributed by atoms with Crippen LogP contribution < -0.4 is 0 Å². The number of carbonyl (C=O) groups is 2. The first-order chi connectivity index (χ1) is 9.88. The minimum atomic E-state index is -0.663. The molecule has 1 aromatic heterocycles. The van der Waals surface area contributed by atoms with E-state index in [9.17, 15) is 9.59 Å². The van der Waals surface area contributed by atoms with Gasteiger partial charge in [0.2, 0.25) is 0 Å². The molecule has 3 nitrogen and oxygen atoms in total. The second-order valence-electron chi connectivity index (χ2n) is 6.26. The smallest absolute Gasteiger partial charge is 0.156 e. The molecule has 0 spiro atoms. The summed E-state index contributed by atoms with van der Waals surface area (Å²) >= 11 is 1.40. The molecule has 1 aliphatic rings. The lowest BCUT2D eigenvalue weighted by atomic mass is 9.89. The second-order valence-corrected chi connectivity index (χ2v) is 7.15. The third-order valence-electron chi connectivity index (χ3n) is 3.95. The first kappa shape index (κ1) is 14.1. The van der Waals surface area contributed by atoms with Crippen molar-refractivity contribution in [1.29, 1.82) is 0 Å². The van der Waals surface area contributed by atoms with Gasteiger partial charge in [-0.1, -0.05) is 37.6 Å². The summed E-state index contributed by atoms with van der Waals surface area (Å²) in [6.45, 7) is 5.70. The van der Waals surface area contributed by atoms with E-state index >= 15 is 0 Å². The van der Waals surface area contributed by atoms with Crippen LogP contribution in [0.4, 0.5) is 0 Å². The fraction of sp³-hybridized carbons (Fsp3) is 0.353. The number of carbonyl (C=O) groups excluding carboxylic acids is 2. The Kier molecular flexibility index (Phi) is 3.29. The van der Waals surface area contributed by atoms with Crippen LogP contribution in [0.25, 0.3) is 11.3 Å². The summed E-state index contributed by atoms with van der Waals surface area (Å²) < 4.78 is 0. The zero-order valence-corrected chi connectivity index (χ0v) is 13.2. The molecule has 1 fully saturated rings. The number of aromatic nitrogens is 1. The van der Waals surface area contributed by atoms with Gasteiger partial charge >= 0.3 is 0 Å². The molecule has 1 aromatic carbocycles. The van der Waals surface area contributed by atoms with Crippen molar-refractivity contribution in [2.75, 3.05) is 0 Å². The summed E-state index contributed by atoms with van der Waals surface area (Å²) in [5.74, 6) is -0.670. The van der Waals surface area contributed by atoms with E-state index < -0.39 is 11.3 Å². The molecule has 4 heteroatoms. The number of nitrogens with zero attached hydrogens (tertiary/aromatic N) is 1. The highest BCUT2D eigenvalue weighted by Crippen LogP contribution is 2.41. The lowest BCUT2D eigenvalue weighted by molar-refractivity contribution is -0.126. The molecule has 0 bridgehead atoms. The number of benzene rings is 1. The van der Waals surface area contributed by atoms with Crippen LogP contribution in [0.1, 0.15) is 36.8 Å². The quantitative estimate of drug-likeness (QED) is 0.793. The standard InChI is InChI=1S/C17H17NO2S/c1-10-5-4-6-11(7-10)12-9-21-16(18-12)14-13(19)8-17(2,3)15(14)20/h4-7,9,14H,8H2,1-3H3. The van der Waals surface area contributed by atoms with Crippen LogP contribution in [-0.2, 0) is 9.59 Å². The first-order valence-electron chi connectivity index (χ1n) is 6.98. The molecule has 1 atom stereocenters. The van der Waals surface area contributed by atoms with Gasteiger partial charge in [0.05, 0.1) is 5.69 Å². The Hall–Kier alpha value is -1.81. The van der Waals surface area contributed by atoms with Crippen LogP contribution in [0.15, 0.2) is 29.6 Å². The lowest BCUT2D eigenvalue weighted by Gasteiger charge is -2.13. The van der Waals surface area contributed by atoms with Crippen LogP contribution in [-0.4, -0.2) is 16.6 Å². The fourth-order valence-electron chi connectivity index (χ4n) is 2.77. The Morgan fingerprint density at radius 2 is 2.05 bits per heavy atom. The van der Waals surface area contributed by atoms with Crippen LogP contribution in [0.2, 0.25) is 0 Å². The molecule has 1 heterocycles. The Labute approximate surface area is 128 Å². The summed E-state index contributed by atoms with van der Waals surface area (Å²) in [7, 11) is 0. The van der Waals surface area contributed by atoms with Gasteiger partial charge in [0.25, 0.3) is 0 Å². The highest BCUT2D eigenvalue weighted by atomic mass is 32.1. The van der Waals surface area contributed by atoms with E-state index in [0.717, 1.165) is 16.8 Å². The molecule has 0 amide bonds. The van der Waals surface area contributed by atoms with Gasteiger partial charge in [-0.25, -0.2) is 4.98 Å². The molecule has 0 radical (unpaired) electrons. The SMILES string of the molecule is Cc1cccc(-c2csc(C3C(=O)CC(C)(C)C3=O)n2)c1. The number of ketones is 2. The molecule has 108 valence electrons. The van der Waals surface area contributed by atoms with Gasteiger partial charge in [0.1, 0.15) is 10.9 Å². The maximum atomic E-state index is 12.4. The lowest BCUT2D eigenvalue weighted by Crippen LogP contribution is -2.21. The van der Waals surface area contributed by atoms with Crippen molar-refractivity contribution < 1.29 is 9.59 Å². The Bertz CT molecular complexity index is 730. The van der Waals surface area contributed by atoms with Crippen molar-refractivity contribution in [2.24, 2.45) is 5.41 Å². The molecule has 1 aliphatic carbocycles. The Morgan fingerprint density at radius 1 is 1.29 bits per heavy atom. The zero-order chi connectivity index (χ0) is 15.2. The molecular formula is C17H17NO2S. The Morgan fingerprint density at radius 3 is 2.67 bits per heavy atom. The molecule has 1 unspecified atom stereocenters. The topological polar surface area (TPSA) is 47.0 Å². The Balaban J connectivity index is 1.96. The third kappa shape index (κ3) is 2.44. The molecule has 0 saturated heterocycles. The summed E-state index contributed by atoms with van der Waals surface area (Å²) in [5.41, 5.74) is 2.46. The van der Waals surface area contributed by atoms with Gasteiger partial charge in [-0.3, -0.25) is 9.59 Å². The minimum absolute atomic E-state index is 0.00218. The average Bonchev–Trinajstić information content (AvgIpc) is 2.94. The van der Waals surface area contributed by atoms with E-state index in [4.69, 9.17) is 0 Å². The molecular weight excluding hydrogens is 282 g/mol. The largest absolute Gasteiger partial charge is 0.298 e. The summed E-state index contributed by atoms with van der Waals surface area (Å²) in [6.07, 6.45) is 0.315. The van der Waals surface area contributed by atoms with E-state index in [1.165, 1.54) is 11.3 Å². The van der Waals surface area contributed by atoms with Gasteiger partial charge < -0.3 is 0 Å². The van der Waals surface area contributed by atoms with Gasteiger partial charge in [-0.15, -0.1) is 11.3 Å². The van der Waals surface area contributed by atoms with E-state index in [0.29, 0.717) is 11.4 Å². The predicted molar refractivity (Wildman–Crippen MR) is 83.4 cm³/mol. The van der Waals surface area contributed by atoms with E-state index in [-0.39, 0.29) is 11.6 Å². The normalized spacial score (nSPS) is 21.0. The molecule has 3 rings (SSSR count). The van der Waals surface area contributed by atoms with Gasteiger partial charge in [0.15, 0.2) is 11.6 Å². The number of rotatable bonds is 2. The third-order valence-corrected chi connectivity index (χ3v) is 4.86. The molecule has 1 saturated carbocycles. The minimum Gasteiger partial charge on any atom is -0.298 e. The number of thiazole rings is 1. The number of Topliss-reactive ketones (excluding diaryl/α,β-unsaturated/α-hetero) is 2. The van der Waals surface area contributed by atoms with Crippen LogP contribution in [0.5, 0.6) is 0 Å². The highest BCUT2D eigenvalue weighted by molar-refractivity contribution is 7.10. The molecule has 2 aromatic rings. The van der Waals surface area contributed by atoms with Crippen molar-refractivity contribution >= 4 is 22.9 Å². The summed E-state index contributed by atoms with van der Waals surface area (Å²) in [4.78, 5) is 29.1. The number of aryl methyl sites for hydroxylation is 1. The number of hydrogen-bond acceptors (Lipinski definition) is 4. The fourth-order valence-corrected chi connectivity index (χ4v) is 3.72. The van der Waals surface area contributed by atoms with E-state index in [2.05, 4.69) is 11.1 Å². The van der Waals surface area contributed by atoms with Gasteiger partial charge in [-0.05, 0) is 13.0 Å². The highest BCUT2D eigenvalue weighted by Gasteiger charge is 2.48. The van der Waals surface area contributed by atoms with Crippen LogP contribution in [0.3, 0.4) is 0 Å². The van der Waals surface area contributed by atoms with E-state index in [1.807, 2.05) is 44.4 Å². The first-order valence-corrected chi connectivity index (χ1v) is 7.86. The summed E-state index contributed by atoms with van der Waals surface area (Å²) in [6, 6.07) is 8.07. The van der Waals surface area contributed by atoms with Crippen molar-refractivity contribution in [2.45, 2.75) is 33.1 Å². The zero-order valence-electron chi connectivity index (χ0n) is 12.3. The van der Waals surface area contributed by atoms with Crippen LogP contribution >= 0.6 is 11.3 Å². The van der Waals surface area contributed by atoms with Crippen molar-refractivity contribution in [3.8, 4) is 11.3 Å². The predicted octanol–water partition coefficient (Wildman–Crippen LogP) is 3.77.